The van der Waals surface area contributed by atoms with Gasteiger partial charge in [0.05, 0.1) is 0 Å². The summed E-state index contributed by atoms with van der Waals surface area (Å²) in [7, 11) is 0. The number of likely N-dealkylation sites (tertiary alicyclic amines) is 1. The lowest BCUT2D eigenvalue weighted by Crippen LogP contribution is -2.17. The van der Waals surface area contributed by atoms with Gasteiger partial charge in [-0.1, -0.05) is 0 Å². The van der Waals surface area contributed by atoms with E-state index in [1.54, 1.807) is 0 Å². The molecule has 2 nitrogen and oxygen atoms in total. The van der Waals surface area contributed by atoms with Crippen molar-refractivity contribution in [2.24, 2.45) is 0 Å². The Balaban J connectivity index is 1.98. The Morgan fingerprint density at radius 1 is 1.44 bits per heavy atom. The van der Waals surface area contributed by atoms with Gasteiger partial charge < -0.3 is 4.74 Å². The highest BCUT2D eigenvalue weighted by molar-refractivity contribution is 4.67. The van der Waals surface area contributed by atoms with Crippen LogP contribution in [0.3, 0.4) is 0 Å². The Labute approximate surface area is 56.8 Å². The molecule has 0 aromatic carbocycles. The summed E-state index contributed by atoms with van der Waals surface area (Å²) in [6, 6.07) is 0. The summed E-state index contributed by atoms with van der Waals surface area (Å²) < 4.78 is 5.12. The van der Waals surface area contributed by atoms with Crippen molar-refractivity contribution >= 4 is 0 Å². The maximum Gasteiger partial charge on any atom is 0.150 e. The van der Waals surface area contributed by atoms with Crippen LogP contribution in [0.1, 0.15) is 19.8 Å². The smallest absolute Gasteiger partial charge is 0.150 e. The van der Waals surface area contributed by atoms with Crippen molar-refractivity contribution in [1.29, 1.82) is 0 Å². The molecule has 0 unspecified atom stereocenters. The lowest BCUT2D eigenvalue weighted by molar-refractivity contribution is 0.123. The lowest BCUT2D eigenvalue weighted by atomic mass is 10.4. The molecular weight excluding hydrogens is 114 g/mol. The van der Waals surface area contributed by atoms with Gasteiger partial charge in [0.15, 0.2) is 6.73 Å². The molecule has 0 N–H and O–H groups in total. The first kappa shape index (κ1) is 7.03. The van der Waals surface area contributed by atoms with E-state index < -0.39 is 0 Å². The fraction of sp³-hybridized carbons (Fsp3) is 0.857. The van der Waals surface area contributed by atoms with Crippen molar-refractivity contribution < 1.29 is 4.74 Å². The molecule has 9 heavy (non-hydrogen) atoms. The third-order valence-electron chi connectivity index (χ3n) is 1.53. The third-order valence-corrected chi connectivity index (χ3v) is 1.53. The average Bonchev–Trinajstić information content (AvgIpc) is 2.34. The van der Waals surface area contributed by atoms with Crippen molar-refractivity contribution in [3.05, 3.63) is 6.73 Å². The van der Waals surface area contributed by atoms with E-state index in [0.29, 0.717) is 0 Å². The topological polar surface area (TPSA) is 12.5 Å². The minimum atomic E-state index is 0.788. The fourth-order valence-corrected chi connectivity index (χ4v) is 1.03. The highest BCUT2D eigenvalue weighted by Gasteiger charge is 2.10. The second-order valence-electron chi connectivity index (χ2n) is 2.30. The predicted molar refractivity (Wildman–Crippen MR) is 36.7 cm³/mol. The zero-order valence-corrected chi connectivity index (χ0v) is 5.97. The molecule has 1 rings (SSSR count). The van der Waals surface area contributed by atoms with E-state index in [2.05, 4.69) is 4.90 Å². The van der Waals surface area contributed by atoms with Crippen LogP contribution < -0.4 is 0 Å². The van der Waals surface area contributed by atoms with Crippen LogP contribution in [0.2, 0.25) is 0 Å². The van der Waals surface area contributed by atoms with E-state index in [9.17, 15) is 0 Å². The van der Waals surface area contributed by atoms with Crippen LogP contribution in [0.25, 0.3) is 0 Å². The molecule has 1 aliphatic heterocycles. The second kappa shape index (κ2) is 3.85. The molecule has 1 fully saturated rings. The van der Waals surface area contributed by atoms with Gasteiger partial charge in [-0.3, -0.25) is 4.90 Å². The number of hydrogen-bond donors (Lipinski definition) is 0. The third kappa shape index (κ3) is 2.33. The fourth-order valence-electron chi connectivity index (χ4n) is 1.03. The van der Waals surface area contributed by atoms with Gasteiger partial charge in [-0.25, -0.2) is 0 Å². The average molecular weight is 128 g/mol. The molecule has 53 valence electrons. The first-order valence-electron chi connectivity index (χ1n) is 3.62. The molecule has 0 aromatic heterocycles. The van der Waals surface area contributed by atoms with Gasteiger partial charge >= 0.3 is 0 Å². The number of rotatable bonds is 3. The summed E-state index contributed by atoms with van der Waals surface area (Å²) in [5.41, 5.74) is 0. The molecule has 2 heteroatoms. The molecule has 1 radical (unpaired) electrons. The number of nitrogens with zero attached hydrogens (tertiary/aromatic N) is 1. The molecule has 0 aromatic rings. The molecule has 0 aliphatic carbocycles. The van der Waals surface area contributed by atoms with Crippen LogP contribution in [0.5, 0.6) is 0 Å². The molecule has 0 amide bonds. The van der Waals surface area contributed by atoms with Gasteiger partial charge in [0, 0.05) is 19.7 Å². The lowest BCUT2D eigenvalue weighted by Gasteiger charge is -2.11. The Morgan fingerprint density at radius 2 is 2.11 bits per heavy atom. The maximum atomic E-state index is 5.12. The normalized spacial score (nSPS) is 21.0. The summed E-state index contributed by atoms with van der Waals surface area (Å²) >= 11 is 0. The largest absolute Gasteiger partial charge is 0.359 e. The summed E-state index contributed by atoms with van der Waals surface area (Å²) in [6.07, 6.45) is 2.65. The van der Waals surface area contributed by atoms with Crippen LogP contribution in [-0.2, 0) is 4.74 Å². The van der Waals surface area contributed by atoms with E-state index in [-0.39, 0.29) is 0 Å². The Morgan fingerprint density at radius 3 is 2.67 bits per heavy atom. The Kier molecular flexibility index (Phi) is 3.01. The quantitative estimate of drug-likeness (QED) is 0.567. The van der Waals surface area contributed by atoms with Gasteiger partial charge in [-0.05, 0) is 19.8 Å². The SMILES string of the molecule is CCO[CH]N1CCCC1. The van der Waals surface area contributed by atoms with E-state index >= 15 is 0 Å². The molecule has 0 spiro atoms. The molecule has 0 atom stereocenters. The van der Waals surface area contributed by atoms with Crippen molar-refractivity contribution in [3.63, 3.8) is 0 Å². The molecule has 1 aliphatic rings. The number of ether oxygens (including phenoxy) is 1. The maximum absolute atomic E-state index is 5.12. The molecular formula is C7H14NO. The summed E-state index contributed by atoms with van der Waals surface area (Å²) in [6.45, 7) is 7.01. The zero-order valence-electron chi connectivity index (χ0n) is 5.97. The van der Waals surface area contributed by atoms with Crippen molar-refractivity contribution in [2.75, 3.05) is 19.7 Å². The highest BCUT2D eigenvalue weighted by atomic mass is 16.5. The minimum absolute atomic E-state index is 0.788. The predicted octanol–water partition coefficient (Wildman–Crippen LogP) is 1.24. The van der Waals surface area contributed by atoms with Gasteiger partial charge in [-0.15, -0.1) is 0 Å². The molecule has 0 saturated carbocycles. The number of hydrogen-bond acceptors (Lipinski definition) is 2. The monoisotopic (exact) mass is 128 g/mol. The van der Waals surface area contributed by atoms with Crippen LogP contribution in [0.15, 0.2) is 0 Å². The Bertz CT molecular complexity index is 69.3. The van der Waals surface area contributed by atoms with Crippen LogP contribution in [0, 0.1) is 6.73 Å². The van der Waals surface area contributed by atoms with E-state index in [1.165, 1.54) is 25.9 Å². The van der Waals surface area contributed by atoms with Crippen LogP contribution in [0.4, 0.5) is 0 Å². The standard InChI is InChI=1S/C7H14NO/c1-2-9-7-8-5-3-4-6-8/h7H,2-6H2,1H3. The van der Waals surface area contributed by atoms with Crippen molar-refractivity contribution in [2.45, 2.75) is 19.8 Å². The summed E-state index contributed by atoms with van der Waals surface area (Å²) in [5, 5.41) is 0. The summed E-state index contributed by atoms with van der Waals surface area (Å²) in [4.78, 5) is 2.23. The van der Waals surface area contributed by atoms with Gasteiger partial charge in [0.25, 0.3) is 0 Å². The first-order valence-corrected chi connectivity index (χ1v) is 3.62. The Hall–Kier alpha value is -0.0800. The second-order valence-corrected chi connectivity index (χ2v) is 2.30. The molecule has 0 bridgehead atoms. The van der Waals surface area contributed by atoms with Crippen LogP contribution in [-0.4, -0.2) is 24.6 Å². The van der Waals surface area contributed by atoms with Crippen LogP contribution >= 0.6 is 0 Å². The van der Waals surface area contributed by atoms with Gasteiger partial charge in [-0.2, -0.15) is 0 Å². The van der Waals surface area contributed by atoms with Gasteiger partial charge in [0.1, 0.15) is 0 Å². The van der Waals surface area contributed by atoms with Crippen molar-refractivity contribution in [3.8, 4) is 0 Å². The summed E-state index contributed by atoms with van der Waals surface area (Å²) in [5.74, 6) is 0. The van der Waals surface area contributed by atoms with E-state index in [1.807, 2.05) is 13.7 Å². The first-order chi connectivity index (χ1) is 4.43. The van der Waals surface area contributed by atoms with E-state index in [0.717, 1.165) is 6.61 Å². The minimum Gasteiger partial charge on any atom is -0.359 e. The van der Waals surface area contributed by atoms with Gasteiger partial charge in [0.2, 0.25) is 0 Å². The van der Waals surface area contributed by atoms with Crippen molar-refractivity contribution in [1.82, 2.24) is 4.90 Å². The van der Waals surface area contributed by atoms with E-state index in [4.69, 9.17) is 4.74 Å². The highest BCUT2D eigenvalue weighted by Crippen LogP contribution is 2.08. The molecule has 1 saturated heterocycles. The zero-order chi connectivity index (χ0) is 6.53. The molecule has 1 heterocycles.